The molecule has 12 heteroatoms. The van der Waals surface area contributed by atoms with Crippen molar-refractivity contribution in [2.45, 2.75) is 50.7 Å². The second-order valence-electron chi connectivity index (χ2n) is 9.05. The summed E-state index contributed by atoms with van der Waals surface area (Å²) in [6.07, 6.45) is 2.81. The molecule has 0 atom stereocenters. The Kier molecular flexibility index (Phi) is 6.20. The Morgan fingerprint density at radius 3 is 2.66 bits per heavy atom. The highest BCUT2D eigenvalue weighted by molar-refractivity contribution is 6.33. The number of nitrogens with one attached hydrogen (secondary N) is 1. The maximum absolute atomic E-state index is 13.3. The first kappa shape index (κ1) is 23.7. The molecule has 3 aromatic rings. The van der Waals surface area contributed by atoms with Crippen LogP contribution in [0.15, 0.2) is 24.7 Å². The maximum Gasteiger partial charge on any atom is 0.389 e. The quantitative estimate of drug-likeness (QED) is 0.543. The van der Waals surface area contributed by atoms with Gasteiger partial charge in [0.2, 0.25) is 5.91 Å². The van der Waals surface area contributed by atoms with Crippen LogP contribution in [-0.4, -0.2) is 73.0 Å². The van der Waals surface area contributed by atoms with Gasteiger partial charge in [-0.3, -0.25) is 19.1 Å². The molecule has 0 aromatic carbocycles. The Bertz CT molecular complexity index is 1250. The van der Waals surface area contributed by atoms with Gasteiger partial charge in [-0.2, -0.15) is 18.3 Å². The molecule has 2 amide bonds. The van der Waals surface area contributed by atoms with E-state index in [9.17, 15) is 22.8 Å². The first-order valence-corrected chi connectivity index (χ1v) is 11.9. The van der Waals surface area contributed by atoms with Crippen molar-refractivity contribution < 1.29 is 22.8 Å². The molecule has 35 heavy (non-hydrogen) atoms. The average Bonchev–Trinajstić information content (AvgIpc) is 3.41. The van der Waals surface area contributed by atoms with Crippen molar-refractivity contribution in [2.24, 2.45) is 0 Å². The number of halogens is 4. The molecule has 0 unspecified atom stereocenters. The number of hydrogen-bond donors (Lipinski definition) is 1. The summed E-state index contributed by atoms with van der Waals surface area (Å²) in [5, 5.41) is 6.69. The van der Waals surface area contributed by atoms with Gasteiger partial charge < -0.3 is 9.80 Å². The number of H-pyrrole nitrogens is 1. The molecule has 0 spiro atoms. The minimum absolute atomic E-state index is 0.0158. The average molecular weight is 509 g/mol. The molecule has 3 aromatic heterocycles. The van der Waals surface area contributed by atoms with E-state index in [1.165, 1.54) is 9.30 Å². The third-order valence-corrected chi connectivity index (χ3v) is 7.10. The number of hydrogen-bond acceptors (Lipinski definition) is 4. The summed E-state index contributed by atoms with van der Waals surface area (Å²) in [4.78, 5) is 33.7. The van der Waals surface area contributed by atoms with Gasteiger partial charge in [0.15, 0.2) is 5.69 Å². The molecule has 1 aliphatic heterocycles. The number of amides is 2. The number of imidazole rings is 1. The molecular formula is C23H24ClF3N6O2. The zero-order valence-electron chi connectivity index (χ0n) is 18.8. The second-order valence-corrected chi connectivity index (χ2v) is 9.41. The Hall–Kier alpha value is -3.08. The maximum atomic E-state index is 13.3. The van der Waals surface area contributed by atoms with Crippen LogP contribution in [0.2, 0.25) is 5.15 Å². The Morgan fingerprint density at radius 2 is 2.03 bits per heavy atom. The van der Waals surface area contributed by atoms with Crippen molar-refractivity contribution >= 4 is 29.1 Å². The summed E-state index contributed by atoms with van der Waals surface area (Å²) < 4.78 is 39.8. The van der Waals surface area contributed by atoms with Crippen LogP contribution < -0.4 is 0 Å². The highest BCUT2D eigenvalue weighted by atomic mass is 35.5. The van der Waals surface area contributed by atoms with Crippen molar-refractivity contribution in [1.82, 2.24) is 29.4 Å². The molecule has 2 fully saturated rings. The number of carbonyl (C=O) groups excluding carboxylic acids is 2. The number of pyridine rings is 1. The molecule has 186 valence electrons. The van der Waals surface area contributed by atoms with Crippen molar-refractivity contribution in [1.29, 1.82) is 0 Å². The fourth-order valence-corrected chi connectivity index (χ4v) is 4.90. The Labute approximate surface area is 204 Å². The van der Waals surface area contributed by atoms with E-state index in [-0.39, 0.29) is 42.2 Å². The van der Waals surface area contributed by atoms with Gasteiger partial charge in [-0.1, -0.05) is 11.6 Å². The fraction of sp³-hybridized carbons (Fsp3) is 0.478. The summed E-state index contributed by atoms with van der Waals surface area (Å²) in [5.41, 5.74) is 2.25. The molecule has 2 aliphatic rings. The summed E-state index contributed by atoms with van der Waals surface area (Å²) in [5.74, 6) is -0.560. The number of rotatable bonds is 6. The molecule has 1 aliphatic carbocycles. The van der Waals surface area contributed by atoms with Crippen LogP contribution in [0.4, 0.5) is 13.2 Å². The van der Waals surface area contributed by atoms with E-state index in [0.29, 0.717) is 29.9 Å². The van der Waals surface area contributed by atoms with Gasteiger partial charge in [0, 0.05) is 49.1 Å². The van der Waals surface area contributed by atoms with Crippen LogP contribution in [0.5, 0.6) is 0 Å². The minimum Gasteiger partial charge on any atom is -0.336 e. The fourth-order valence-electron chi connectivity index (χ4n) is 4.65. The van der Waals surface area contributed by atoms with Gasteiger partial charge in [0.05, 0.1) is 6.20 Å². The van der Waals surface area contributed by atoms with Crippen LogP contribution in [-0.2, 0) is 11.2 Å². The summed E-state index contributed by atoms with van der Waals surface area (Å²) in [7, 11) is 0. The Morgan fingerprint density at radius 1 is 1.23 bits per heavy atom. The number of piperazine rings is 1. The van der Waals surface area contributed by atoms with E-state index in [1.807, 2.05) is 4.90 Å². The number of nitrogens with zero attached hydrogens (tertiary/aromatic N) is 5. The van der Waals surface area contributed by atoms with E-state index in [0.717, 1.165) is 24.8 Å². The van der Waals surface area contributed by atoms with Gasteiger partial charge in [-0.15, -0.1) is 0 Å². The van der Waals surface area contributed by atoms with Crippen molar-refractivity contribution in [2.75, 3.05) is 19.6 Å². The lowest BCUT2D eigenvalue weighted by atomic mass is 9.91. The summed E-state index contributed by atoms with van der Waals surface area (Å²) in [6.45, 7) is 0.801. The van der Waals surface area contributed by atoms with Gasteiger partial charge in [-0.05, 0) is 43.7 Å². The molecule has 0 radical (unpaired) electrons. The van der Waals surface area contributed by atoms with Gasteiger partial charge in [0.25, 0.3) is 5.91 Å². The predicted molar refractivity (Wildman–Crippen MR) is 122 cm³/mol. The largest absolute Gasteiger partial charge is 0.389 e. The molecule has 8 nitrogen and oxygen atoms in total. The zero-order chi connectivity index (χ0) is 24.7. The summed E-state index contributed by atoms with van der Waals surface area (Å²) in [6, 6.07) is 2.01. The standard InChI is InChI=1S/C23H24ClF3N6O2/c24-20-19(22(35)31-7-8-32(18(34)13-31)17-4-1-5-17)30-21-14(3-2-6-23(25,26)27)9-15(12-33(20)21)16-10-28-29-11-16/h9-12,17H,1-8,13H2,(H,28,29). The molecule has 4 heterocycles. The van der Waals surface area contributed by atoms with Crippen molar-refractivity contribution in [3.63, 3.8) is 0 Å². The SMILES string of the molecule is O=C(c1nc2c(CCCC(F)(F)F)cc(-c3cn[nH]c3)cn2c1Cl)N1CCN(C2CCC2)C(=O)C1. The molecule has 5 rings (SSSR count). The van der Waals surface area contributed by atoms with E-state index < -0.39 is 18.5 Å². The van der Waals surface area contributed by atoms with E-state index in [1.54, 1.807) is 24.7 Å². The number of alkyl halides is 3. The van der Waals surface area contributed by atoms with Gasteiger partial charge in [-0.25, -0.2) is 4.98 Å². The topological polar surface area (TPSA) is 86.6 Å². The predicted octanol–water partition coefficient (Wildman–Crippen LogP) is 4.10. The number of carbonyl (C=O) groups is 2. The highest BCUT2D eigenvalue weighted by Crippen LogP contribution is 2.31. The highest BCUT2D eigenvalue weighted by Gasteiger charge is 2.36. The molecule has 1 saturated carbocycles. The van der Waals surface area contributed by atoms with E-state index in [4.69, 9.17) is 11.6 Å². The van der Waals surface area contributed by atoms with Crippen LogP contribution >= 0.6 is 11.6 Å². The van der Waals surface area contributed by atoms with Crippen molar-refractivity contribution in [3.8, 4) is 11.1 Å². The van der Waals surface area contributed by atoms with Crippen molar-refractivity contribution in [3.05, 3.63) is 41.1 Å². The number of aryl methyl sites for hydroxylation is 1. The first-order chi connectivity index (χ1) is 16.7. The number of aromatic nitrogens is 4. The van der Waals surface area contributed by atoms with Gasteiger partial charge in [0.1, 0.15) is 17.3 Å². The first-order valence-electron chi connectivity index (χ1n) is 11.6. The Balaban J connectivity index is 1.45. The monoisotopic (exact) mass is 508 g/mol. The van der Waals surface area contributed by atoms with Crippen LogP contribution in [0.25, 0.3) is 16.8 Å². The second kappa shape index (κ2) is 9.18. The normalized spacial score (nSPS) is 17.3. The lowest BCUT2D eigenvalue weighted by Gasteiger charge is -2.42. The van der Waals surface area contributed by atoms with Crippen LogP contribution in [0.1, 0.15) is 48.2 Å². The lowest BCUT2D eigenvalue weighted by Crippen LogP contribution is -2.56. The molecule has 0 bridgehead atoms. The third kappa shape index (κ3) is 4.73. The molecule has 1 N–H and O–H groups in total. The van der Waals surface area contributed by atoms with Crippen LogP contribution in [0.3, 0.4) is 0 Å². The van der Waals surface area contributed by atoms with E-state index in [2.05, 4.69) is 15.2 Å². The summed E-state index contributed by atoms with van der Waals surface area (Å²) >= 11 is 6.58. The lowest BCUT2D eigenvalue weighted by molar-refractivity contribution is -0.139. The number of aromatic amines is 1. The smallest absolute Gasteiger partial charge is 0.336 e. The van der Waals surface area contributed by atoms with Gasteiger partial charge >= 0.3 is 6.18 Å². The third-order valence-electron chi connectivity index (χ3n) is 6.74. The minimum atomic E-state index is -4.26. The van der Waals surface area contributed by atoms with Crippen LogP contribution in [0, 0.1) is 0 Å². The molecular weight excluding hydrogens is 485 g/mol. The number of fused-ring (bicyclic) bond motifs is 1. The molecule has 1 saturated heterocycles. The van der Waals surface area contributed by atoms with E-state index >= 15 is 0 Å². The zero-order valence-corrected chi connectivity index (χ0v) is 19.6.